The highest BCUT2D eigenvalue weighted by atomic mass is 32.2. The predicted molar refractivity (Wildman–Crippen MR) is 161 cm³/mol. The number of rotatable bonds is 8. The van der Waals surface area contributed by atoms with Crippen molar-refractivity contribution in [3.8, 4) is 5.88 Å². The van der Waals surface area contributed by atoms with Crippen molar-refractivity contribution in [1.82, 2.24) is 30.3 Å². The van der Waals surface area contributed by atoms with Crippen LogP contribution in [0.3, 0.4) is 0 Å². The van der Waals surface area contributed by atoms with Crippen LogP contribution in [0.1, 0.15) is 35.5 Å². The maximum atomic E-state index is 11.7. The molecule has 0 bridgehead atoms. The summed E-state index contributed by atoms with van der Waals surface area (Å²) in [4.78, 5) is 34.2. The van der Waals surface area contributed by atoms with Crippen LogP contribution in [-0.2, 0) is 15.0 Å². The number of ether oxygens (including phenoxy) is 3. The number of nitrogens with one attached hydrogen (secondary N) is 2. The first-order valence-electron chi connectivity index (χ1n) is 13.6. The van der Waals surface area contributed by atoms with Gasteiger partial charge in [-0.15, -0.1) is 0 Å². The number of hydroxylamine groups is 1. The van der Waals surface area contributed by atoms with Crippen LogP contribution in [0.25, 0.3) is 0 Å². The zero-order chi connectivity index (χ0) is 30.0. The van der Waals surface area contributed by atoms with E-state index < -0.39 is 21.9 Å². The van der Waals surface area contributed by atoms with Crippen molar-refractivity contribution < 1.29 is 24.2 Å². The number of fused-ring (bicyclic) bond motifs is 1. The number of methoxy groups -OCH3 is 1. The van der Waals surface area contributed by atoms with Crippen LogP contribution in [0.2, 0.25) is 0 Å². The van der Waals surface area contributed by atoms with E-state index in [4.69, 9.17) is 24.4 Å². The molecule has 0 spiro atoms. The summed E-state index contributed by atoms with van der Waals surface area (Å²) in [6, 6.07) is 9.86. The first kappa shape index (κ1) is 28.5. The Hall–Kier alpha value is -4.59. The van der Waals surface area contributed by atoms with Crippen molar-refractivity contribution in [3.63, 3.8) is 0 Å². The van der Waals surface area contributed by atoms with Crippen LogP contribution in [0.4, 0.5) is 5.95 Å². The second kappa shape index (κ2) is 12.0. The highest BCUT2D eigenvalue weighted by molar-refractivity contribution is 8.20. The minimum Gasteiger partial charge on any atom is -0.481 e. The summed E-state index contributed by atoms with van der Waals surface area (Å²) < 4.78 is 16.8. The van der Waals surface area contributed by atoms with Gasteiger partial charge in [0.25, 0.3) is 5.91 Å². The SMILES string of the molecule is COc1ccc(C2=S(c3cccc(C(C)(C)Nc4ncc(C(=O)NO)cn4)n3)C3=COC=C(N4CCOCC4)C3=C2)cn1. The van der Waals surface area contributed by atoms with Gasteiger partial charge in [0.2, 0.25) is 11.8 Å². The number of carbonyl (C=O) groups is 1. The van der Waals surface area contributed by atoms with E-state index in [0.29, 0.717) is 25.0 Å². The fourth-order valence-corrected chi connectivity index (χ4v) is 7.16. The lowest BCUT2D eigenvalue weighted by molar-refractivity contribution is 0.0533. The molecule has 3 aliphatic rings. The molecule has 0 aliphatic carbocycles. The molecule has 43 heavy (non-hydrogen) atoms. The summed E-state index contributed by atoms with van der Waals surface area (Å²) in [6.45, 7) is 6.88. The van der Waals surface area contributed by atoms with Gasteiger partial charge in [0.05, 0.1) is 52.7 Å². The Morgan fingerprint density at radius 1 is 1.07 bits per heavy atom. The largest absolute Gasteiger partial charge is 0.481 e. The van der Waals surface area contributed by atoms with E-state index in [1.54, 1.807) is 12.6 Å². The van der Waals surface area contributed by atoms with Gasteiger partial charge in [0.1, 0.15) is 12.5 Å². The van der Waals surface area contributed by atoms with Gasteiger partial charge in [-0.1, -0.05) is 16.6 Å². The van der Waals surface area contributed by atoms with Gasteiger partial charge in [-0.05, 0) is 38.1 Å². The van der Waals surface area contributed by atoms with Crippen molar-refractivity contribution in [2.24, 2.45) is 0 Å². The molecule has 1 saturated heterocycles. The smallest absolute Gasteiger partial charge is 0.277 e. The van der Waals surface area contributed by atoms with E-state index in [1.165, 1.54) is 12.4 Å². The molecule has 1 amide bonds. The van der Waals surface area contributed by atoms with Crippen molar-refractivity contribution in [2.75, 3.05) is 38.7 Å². The van der Waals surface area contributed by atoms with Crippen LogP contribution in [0.5, 0.6) is 5.88 Å². The Balaban J connectivity index is 1.37. The molecular weight excluding hydrogens is 570 g/mol. The van der Waals surface area contributed by atoms with Crippen molar-refractivity contribution >= 4 is 27.2 Å². The van der Waals surface area contributed by atoms with Gasteiger partial charge in [0.15, 0.2) is 0 Å². The molecule has 1 unspecified atom stereocenters. The first-order chi connectivity index (χ1) is 20.9. The molecule has 1 fully saturated rings. The summed E-state index contributed by atoms with van der Waals surface area (Å²) >= 11 is 0. The average molecular weight is 602 g/mol. The molecule has 12 nitrogen and oxygen atoms in total. The van der Waals surface area contributed by atoms with Gasteiger partial charge in [-0.3, -0.25) is 10.0 Å². The third kappa shape index (κ3) is 5.74. The molecular formula is C30H31N7O5S. The van der Waals surface area contributed by atoms with Crippen LogP contribution < -0.4 is 15.5 Å². The van der Waals surface area contributed by atoms with Crippen LogP contribution >= 0.6 is 10.5 Å². The molecule has 3 N–H and O–H groups in total. The molecule has 3 aliphatic heterocycles. The molecule has 3 aromatic rings. The number of hydrogen-bond acceptors (Lipinski definition) is 11. The number of allylic oxidation sites excluding steroid dienone is 2. The topological polar surface area (TPSA) is 144 Å². The Morgan fingerprint density at radius 2 is 1.86 bits per heavy atom. The van der Waals surface area contributed by atoms with E-state index in [-0.39, 0.29) is 5.56 Å². The van der Waals surface area contributed by atoms with Gasteiger partial charge in [0, 0.05) is 53.7 Å². The molecule has 13 heteroatoms. The van der Waals surface area contributed by atoms with Crippen molar-refractivity contribution in [2.45, 2.75) is 24.4 Å². The average Bonchev–Trinajstić information content (AvgIpc) is 3.45. The van der Waals surface area contributed by atoms with E-state index in [0.717, 1.165) is 50.4 Å². The van der Waals surface area contributed by atoms with E-state index in [9.17, 15) is 4.79 Å². The number of carbonyl (C=O) groups excluding carboxylic acids is 1. The minimum absolute atomic E-state index is 0.140. The van der Waals surface area contributed by atoms with E-state index >= 15 is 0 Å². The van der Waals surface area contributed by atoms with Gasteiger partial charge in [-0.25, -0.2) is 25.4 Å². The molecule has 0 radical (unpaired) electrons. The van der Waals surface area contributed by atoms with E-state index in [1.807, 2.05) is 62.9 Å². The molecule has 3 aromatic heterocycles. The predicted octanol–water partition coefficient (Wildman–Crippen LogP) is 3.58. The Morgan fingerprint density at radius 3 is 2.56 bits per heavy atom. The fraction of sp³-hybridized carbons (Fsp3) is 0.267. The van der Waals surface area contributed by atoms with Gasteiger partial charge in [-0.2, -0.15) is 0 Å². The third-order valence-corrected chi connectivity index (χ3v) is 9.40. The highest BCUT2D eigenvalue weighted by Crippen LogP contribution is 2.50. The Labute approximate surface area is 251 Å². The number of aromatic nitrogens is 4. The molecule has 0 aromatic carbocycles. The maximum Gasteiger partial charge on any atom is 0.277 e. The number of morpholine rings is 1. The summed E-state index contributed by atoms with van der Waals surface area (Å²) in [5.41, 5.74) is 4.93. The van der Waals surface area contributed by atoms with Crippen LogP contribution in [-0.4, -0.2) is 74.2 Å². The number of amides is 1. The number of hydrogen-bond donors (Lipinski definition) is 3. The van der Waals surface area contributed by atoms with Gasteiger partial charge >= 0.3 is 0 Å². The van der Waals surface area contributed by atoms with Gasteiger partial charge < -0.3 is 24.4 Å². The number of pyridine rings is 2. The highest BCUT2D eigenvalue weighted by Gasteiger charge is 2.33. The fourth-order valence-electron chi connectivity index (χ4n) is 4.94. The minimum atomic E-state index is -0.683. The normalized spacial score (nSPS) is 18.1. The van der Waals surface area contributed by atoms with E-state index in [2.05, 4.69) is 31.2 Å². The maximum absolute atomic E-state index is 11.7. The zero-order valence-corrected chi connectivity index (χ0v) is 24.7. The second-order valence-electron chi connectivity index (χ2n) is 10.4. The summed E-state index contributed by atoms with van der Waals surface area (Å²) in [5.74, 6) is 0.181. The van der Waals surface area contributed by atoms with Crippen molar-refractivity contribution in [1.29, 1.82) is 0 Å². The molecule has 1 atom stereocenters. The third-order valence-electron chi connectivity index (χ3n) is 7.21. The van der Waals surface area contributed by atoms with Crippen LogP contribution in [0, 0.1) is 0 Å². The lowest BCUT2D eigenvalue weighted by Crippen LogP contribution is -2.36. The summed E-state index contributed by atoms with van der Waals surface area (Å²) in [5, 5.41) is 13.0. The molecule has 6 rings (SSSR count). The molecule has 6 heterocycles. The number of nitrogens with zero attached hydrogens (tertiary/aromatic N) is 5. The summed E-state index contributed by atoms with van der Waals surface area (Å²) in [6.07, 6.45) is 10.4. The molecule has 222 valence electrons. The number of anilines is 1. The Kier molecular flexibility index (Phi) is 7.93. The zero-order valence-electron chi connectivity index (χ0n) is 23.9. The standard InChI is InChI=1S/C30H31N7O5S/c1-30(2,35-29-32-15-20(16-33-29)28(38)36-39)25-5-4-6-27(34-25)43-23(19-7-8-26(40-3)31-14-19)13-21-22(17-42-18-24(21)43)37-9-11-41-12-10-37/h4-8,13-18,39H,9-12H2,1-3H3,(H,36,38)(H,32,33,35). The molecule has 0 saturated carbocycles. The van der Waals surface area contributed by atoms with Crippen LogP contribution in [0.15, 0.2) is 88.7 Å². The summed E-state index contributed by atoms with van der Waals surface area (Å²) in [7, 11) is 1.01. The lowest BCUT2D eigenvalue weighted by Gasteiger charge is -2.33. The lowest BCUT2D eigenvalue weighted by atomic mass is 10.0. The first-order valence-corrected chi connectivity index (χ1v) is 14.9. The second-order valence-corrected chi connectivity index (χ2v) is 12.3. The quantitative estimate of drug-likeness (QED) is 0.198. The monoisotopic (exact) mass is 601 g/mol. The Bertz CT molecular complexity index is 1660. The van der Waals surface area contributed by atoms with Crippen molar-refractivity contribution in [3.05, 3.63) is 101 Å².